The molecule has 3 rings (SSSR count). The van der Waals surface area contributed by atoms with Crippen molar-refractivity contribution in [3.05, 3.63) is 53.7 Å². The first-order valence-corrected chi connectivity index (χ1v) is 12.8. The minimum atomic E-state index is -3.59. The van der Waals surface area contributed by atoms with Crippen LogP contribution in [0.25, 0.3) is 5.65 Å². The number of ketones is 1. The number of pyridine rings is 1. The third kappa shape index (κ3) is 4.99. The van der Waals surface area contributed by atoms with Gasteiger partial charge in [0.25, 0.3) is 0 Å². The zero-order valence-electron chi connectivity index (χ0n) is 18.3. The number of fused-ring (bicyclic) bond motifs is 1. The molecule has 0 aliphatic heterocycles. The molecule has 31 heavy (non-hydrogen) atoms. The van der Waals surface area contributed by atoms with Gasteiger partial charge in [0.1, 0.15) is 0 Å². The molecule has 9 heteroatoms. The molecule has 0 radical (unpaired) electrons. The quantitative estimate of drug-likeness (QED) is 0.332. The topological polar surface area (TPSA) is 84.6 Å². The van der Waals surface area contributed by atoms with Crippen molar-refractivity contribution >= 4 is 33.2 Å². The first kappa shape index (κ1) is 23.4. The molecule has 0 fully saturated rings. The summed E-state index contributed by atoms with van der Waals surface area (Å²) < 4.78 is 28.7. The van der Waals surface area contributed by atoms with E-state index in [4.69, 9.17) is 0 Å². The molecule has 0 saturated carbocycles. The minimum Gasteiger partial charge on any atom is -0.293 e. The zero-order valence-corrected chi connectivity index (χ0v) is 19.9. The van der Waals surface area contributed by atoms with Gasteiger partial charge in [-0.25, -0.2) is 8.42 Å². The first-order chi connectivity index (χ1) is 14.8. The lowest BCUT2D eigenvalue weighted by molar-refractivity contribution is 0.102. The van der Waals surface area contributed by atoms with Gasteiger partial charge in [-0.3, -0.25) is 9.20 Å². The predicted molar refractivity (Wildman–Crippen MR) is 123 cm³/mol. The van der Waals surface area contributed by atoms with Gasteiger partial charge in [-0.2, -0.15) is 4.31 Å². The first-order valence-electron chi connectivity index (χ1n) is 10.4. The summed E-state index contributed by atoms with van der Waals surface area (Å²) in [5, 5.41) is 8.71. The summed E-state index contributed by atoms with van der Waals surface area (Å²) in [5.41, 5.74) is 2.40. The van der Waals surface area contributed by atoms with Crippen molar-refractivity contribution in [2.75, 3.05) is 18.8 Å². The molecule has 7 nitrogen and oxygen atoms in total. The number of carbonyl (C=O) groups is 1. The summed E-state index contributed by atoms with van der Waals surface area (Å²) in [6.45, 7) is 8.71. The lowest BCUT2D eigenvalue weighted by Crippen LogP contribution is -2.30. The van der Waals surface area contributed by atoms with Gasteiger partial charge in [-0.1, -0.05) is 63.7 Å². The summed E-state index contributed by atoms with van der Waals surface area (Å²) in [7, 11) is -3.59. The molecule has 1 unspecified atom stereocenters. The van der Waals surface area contributed by atoms with Crippen LogP contribution in [0.15, 0.2) is 52.6 Å². The molecule has 0 amide bonds. The molecular formula is C22H28N4O3S2. The van der Waals surface area contributed by atoms with Crippen molar-refractivity contribution in [1.29, 1.82) is 0 Å². The highest BCUT2D eigenvalue weighted by Gasteiger charge is 2.23. The SMILES string of the molecule is CCC(C)c1ccc(C(=O)CSc2nnc3ccc(S(=O)(=O)N(CC)CC)cn23)cc1. The van der Waals surface area contributed by atoms with Crippen molar-refractivity contribution in [3.63, 3.8) is 0 Å². The summed E-state index contributed by atoms with van der Waals surface area (Å²) in [6.07, 6.45) is 2.58. The smallest absolute Gasteiger partial charge is 0.244 e. The Kier molecular flexibility index (Phi) is 7.51. The molecular weight excluding hydrogens is 432 g/mol. The highest BCUT2D eigenvalue weighted by atomic mass is 32.2. The van der Waals surface area contributed by atoms with E-state index >= 15 is 0 Å². The van der Waals surface area contributed by atoms with Gasteiger partial charge in [-0.05, 0) is 30.0 Å². The molecule has 1 aromatic carbocycles. The Hall–Kier alpha value is -2.23. The fourth-order valence-electron chi connectivity index (χ4n) is 3.26. The number of benzene rings is 1. The van der Waals surface area contributed by atoms with Crippen molar-refractivity contribution in [1.82, 2.24) is 18.9 Å². The number of carbonyl (C=O) groups excluding carboxylic acids is 1. The van der Waals surface area contributed by atoms with Crippen molar-refractivity contribution in [3.8, 4) is 0 Å². The number of sulfonamides is 1. The van der Waals surface area contributed by atoms with Crippen molar-refractivity contribution in [2.45, 2.75) is 50.1 Å². The van der Waals surface area contributed by atoms with Gasteiger partial charge in [0.15, 0.2) is 16.6 Å². The van der Waals surface area contributed by atoms with E-state index in [-0.39, 0.29) is 16.4 Å². The lowest BCUT2D eigenvalue weighted by Gasteiger charge is -2.18. The van der Waals surface area contributed by atoms with Gasteiger partial charge in [-0.15, -0.1) is 10.2 Å². The van der Waals surface area contributed by atoms with E-state index < -0.39 is 10.0 Å². The Balaban J connectivity index is 1.78. The Bertz CT molecular complexity index is 1150. The van der Waals surface area contributed by atoms with Crippen LogP contribution >= 0.6 is 11.8 Å². The molecule has 0 N–H and O–H groups in total. The highest BCUT2D eigenvalue weighted by molar-refractivity contribution is 7.99. The van der Waals surface area contributed by atoms with Crippen LogP contribution in [0.1, 0.15) is 56.0 Å². The van der Waals surface area contributed by atoms with Crippen LogP contribution in [0.2, 0.25) is 0 Å². The average molecular weight is 461 g/mol. The second-order valence-corrected chi connectivity index (χ2v) is 10.2. The second-order valence-electron chi connectivity index (χ2n) is 7.31. The summed E-state index contributed by atoms with van der Waals surface area (Å²) in [5.74, 6) is 0.642. The fraction of sp³-hybridized carbons (Fsp3) is 0.409. The largest absolute Gasteiger partial charge is 0.293 e. The lowest BCUT2D eigenvalue weighted by atomic mass is 9.97. The molecule has 166 valence electrons. The van der Waals surface area contributed by atoms with E-state index in [1.165, 1.54) is 33.9 Å². The van der Waals surface area contributed by atoms with Crippen molar-refractivity contribution < 1.29 is 13.2 Å². The average Bonchev–Trinajstić information content (AvgIpc) is 3.20. The Morgan fingerprint density at radius 1 is 1.06 bits per heavy atom. The molecule has 1 atom stereocenters. The number of hydrogen-bond acceptors (Lipinski definition) is 6. The normalized spacial score (nSPS) is 13.1. The van der Waals surface area contributed by atoms with E-state index in [0.29, 0.717) is 35.4 Å². The van der Waals surface area contributed by atoms with Crippen LogP contribution in [0.5, 0.6) is 0 Å². The molecule has 2 heterocycles. The Labute approximate surface area is 187 Å². The number of thioether (sulfide) groups is 1. The summed E-state index contributed by atoms with van der Waals surface area (Å²) in [6, 6.07) is 10.9. The summed E-state index contributed by atoms with van der Waals surface area (Å²) in [4.78, 5) is 12.8. The Morgan fingerprint density at radius 2 is 1.74 bits per heavy atom. The highest BCUT2D eigenvalue weighted by Crippen LogP contribution is 2.23. The predicted octanol–water partition coefficient (Wildman–Crippen LogP) is 4.25. The Morgan fingerprint density at radius 3 is 2.35 bits per heavy atom. The molecule has 0 aliphatic carbocycles. The zero-order chi connectivity index (χ0) is 22.6. The monoisotopic (exact) mass is 460 g/mol. The van der Waals surface area contributed by atoms with Crippen LogP contribution < -0.4 is 0 Å². The fourth-order valence-corrected chi connectivity index (χ4v) is 5.53. The van der Waals surface area contributed by atoms with Gasteiger partial charge >= 0.3 is 0 Å². The van der Waals surface area contributed by atoms with Crippen LogP contribution in [0, 0.1) is 0 Å². The summed E-state index contributed by atoms with van der Waals surface area (Å²) >= 11 is 1.25. The number of aromatic nitrogens is 3. The maximum atomic E-state index is 12.8. The molecule has 0 spiro atoms. The number of hydrogen-bond donors (Lipinski definition) is 0. The van der Waals surface area contributed by atoms with Crippen LogP contribution in [-0.2, 0) is 10.0 Å². The molecule has 2 aromatic heterocycles. The van der Waals surface area contributed by atoms with E-state index in [9.17, 15) is 13.2 Å². The number of rotatable bonds is 10. The van der Waals surface area contributed by atoms with Gasteiger partial charge < -0.3 is 0 Å². The van der Waals surface area contributed by atoms with Crippen LogP contribution in [-0.4, -0.2) is 51.9 Å². The standard InChI is InChI=1S/C22H28N4O3S2/c1-5-16(4)17-8-10-18(11-9-17)20(27)15-30-22-24-23-21-13-12-19(14-26(21)22)31(28,29)25(6-2)7-3/h8-14,16H,5-7,15H2,1-4H3. The van der Waals surface area contributed by atoms with E-state index in [1.54, 1.807) is 24.3 Å². The van der Waals surface area contributed by atoms with Gasteiger partial charge in [0.05, 0.1) is 10.6 Å². The number of Topliss-reactive ketones (excluding diaryl/α,β-unsaturated/α-hetero) is 1. The minimum absolute atomic E-state index is 0.00984. The van der Waals surface area contributed by atoms with E-state index in [1.807, 2.05) is 24.3 Å². The maximum absolute atomic E-state index is 12.8. The van der Waals surface area contributed by atoms with E-state index in [0.717, 1.165) is 6.42 Å². The van der Waals surface area contributed by atoms with Crippen LogP contribution in [0.3, 0.4) is 0 Å². The third-order valence-electron chi connectivity index (χ3n) is 5.43. The maximum Gasteiger partial charge on any atom is 0.244 e. The van der Waals surface area contributed by atoms with E-state index in [2.05, 4.69) is 24.0 Å². The van der Waals surface area contributed by atoms with Crippen molar-refractivity contribution in [2.24, 2.45) is 0 Å². The third-order valence-corrected chi connectivity index (χ3v) is 8.41. The molecule has 0 bridgehead atoms. The van der Waals surface area contributed by atoms with Crippen LogP contribution in [0.4, 0.5) is 0 Å². The van der Waals surface area contributed by atoms with Gasteiger partial charge in [0.2, 0.25) is 10.0 Å². The molecule has 3 aromatic rings. The second kappa shape index (κ2) is 9.93. The molecule has 0 saturated heterocycles. The van der Waals surface area contributed by atoms with Gasteiger partial charge in [0, 0.05) is 24.8 Å². The molecule has 0 aliphatic rings. The number of nitrogens with zero attached hydrogens (tertiary/aromatic N) is 4.